The Morgan fingerprint density at radius 2 is 2.42 bits per heavy atom. The molecule has 7 heteroatoms. The van der Waals surface area contributed by atoms with Gasteiger partial charge in [0.05, 0.1) is 16.1 Å². The van der Waals surface area contributed by atoms with Gasteiger partial charge >= 0.3 is 5.82 Å². The summed E-state index contributed by atoms with van der Waals surface area (Å²) in [5, 5.41) is 13.3. The fraction of sp³-hybridized carbons (Fsp3) is 0.333. The van der Waals surface area contributed by atoms with Crippen LogP contribution in [0.15, 0.2) is 16.7 Å². The van der Waals surface area contributed by atoms with Gasteiger partial charge in [0.2, 0.25) is 0 Å². The van der Waals surface area contributed by atoms with Gasteiger partial charge in [-0.25, -0.2) is 0 Å². The Bertz CT molecular complexity index is 540. The van der Waals surface area contributed by atoms with Crippen LogP contribution in [-0.2, 0) is 0 Å². The van der Waals surface area contributed by atoms with Gasteiger partial charge in [0.1, 0.15) is 0 Å². The van der Waals surface area contributed by atoms with Gasteiger partial charge in [0.15, 0.2) is 6.20 Å². The number of hydrogen-bond donors (Lipinski definition) is 1. The van der Waals surface area contributed by atoms with Crippen LogP contribution in [0.25, 0.3) is 0 Å². The van der Waals surface area contributed by atoms with Gasteiger partial charge in [-0.3, -0.25) is 4.79 Å². The van der Waals surface area contributed by atoms with E-state index in [0.29, 0.717) is 10.9 Å². The van der Waals surface area contributed by atoms with Crippen molar-refractivity contribution >= 4 is 27.7 Å². The zero-order valence-electron chi connectivity index (χ0n) is 10.2. The van der Waals surface area contributed by atoms with Gasteiger partial charge in [-0.05, 0) is 32.3 Å². The second kappa shape index (κ2) is 6.85. The standard InChI is InChI=1S/C12H12BrN3O3/c1-3-5-8(4-2)15-12(17)9-6-11(16(18)19)14-7-10(9)13/h2,6-8H,3,5H2,1H3,(H,15,17). The predicted molar refractivity (Wildman–Crippen MR) is 73.6 cm³/mol. The first-order valence-corrected chi connectivity index (χ1v) is 6.35. The number of pyridine rings is 1. The van der Waals surface area contributed by atoms with E-state index in [2.05, 4.69) is 32.2 Å². The Morgan fingerprint density at radius 3 is 2.95 bits per heavy atom. The average molecular weight is 326 g/mol. The normalized spacial score (nSPS) is 11.4. The number of rotatable bonds is 5. The Kier molecular flexibility index (Phi) is 5.45. The molecule has 0 spiro atoms. The molecule has 0 saturated carbocycles. The van der Waals surface area contributed by atoms with Crippen molar-refractivity contribution in [1.29, 1.82) is 0 Å². The summed E-state index contributed by atoms with van der Waals surface area (Å²) in [7, 11) is 0. The number of nitrogens with one attached hydrogen (secondary N) is 1. The van der Waals surface area contributed by atoms with Crippen LogP contribution in [0.5, 0.6) is 0 Å². The second-order valence-corrected chi connectivity index (χ2v) is 4.62. The van der Waals surface area contributed by atoms with Gasteiger partial charge in [-0.15, -0.1) is 6.42 Å². The maximum atomic E-state index is 12.0. The highest BCUT2D eigenvalue weighted by Crippen LogP contribution is 2.20. The molecular formula is C12H12BrN3O3. The van der Waals surface area contributed by atoms with Crippen LogP contribution in [0.4, 0.5) is 5.82 Å². The van der Waals surface area contributed by atoms with Gasteiger partial charge < -0.3 is 15.4 Å². The number of amides is 1. The summed E-state index contributed by atoms with van der Waals surface area (Å²) in [6.45, 7) is 1.95. The summed E-state index contributed by atoms with van der Waals surface area (Å²) in [6.07, 6.45) is 8.00. The van der Waals surface area contributed by atoms with Gasteiger partial charge in [-0.2, -0.15) is 0 Å². The van der Waals surface area contributed by atoms with Crippen LogP contribution in [0.1, 0.15) is 30.1 Å². The summed E-state index contributed by atoms with van der Waals surface area (Å²) in [5.74, 6) is 1.61. The maximum Gasteiger partial charge on any atom is 0.364 e. The smallest absolute Gasteiger partial charge is 0.358 e. The van der Waals surface area contributed by atoms with Crippen LogP contribution >= 0.6 is 15.9 Å². The van der Waals surface area contributed by atoms with E-state index in [0.717, 1.165) is 12.5 Å². The molecule has 100 valence electrons. The van der Waals surface area contributed by atoms with Crippen molar-refractivity contribution < 1.29 is 9.72 Å². The SMILES string of the molecule is C#CC(CCC)NC(=O)c1cc([N+](=O)[O-])ncc1Br. The van der Waals surface area contributed by atoms with Crippen LogP contribution in [0.2, 0.25) is 0 Å². The number of carbonyl (C=O) groups excluding carboxylic acids is 1. The molecule has 0 fully saturated rings. The van der Waals surface area contributed by atoms with E-state index < -0.39 is 16.9 Å². The third-order valence-corrected chi connectivity index (χ3v) is 2.99. The molecule has 1 heterocycles. The third-order valence-electron chi connectivity index (χ3n) is 2.36. The first-order chi connectivity index (χ1) is 8.99. The minimum absolute atomic E-state index is 0.137. The molecule has 0 radical (unpaired) electrons. The van der Waals surface area contributed by atoms with Gasteiger partial charge in [0.25, 0.3) is 5.91 Å². The van der Waals surface area contributed by atoms with Crippen molar-refractivity contribution in [3.63, 3.8) is 0 Å². The van der Waals surface area contributed by atoms with Gasteiger partial charge in [-0.1, -0.05) is 19.3 Å². The van der Waals surface area contributed by atoms with Crippen LogP contribution in [0.3, 0.4) is 0 Å². The molecule has 0 saturated heterocycles. The number of carbonyl (C=O) groups is 1. The molecule has 1 aromatic heterocycles. The number of terminal acetylenes is 1. The first-order valence-electron chi connectivity index (χ1n) is 5.56. The van der Waals surface area contributed by atoms with Crippen molar-refractivity contribution in [2.24, 2.45) is 0 Å². The van der Waals surface area contributed by atoms with Gasteiger partial charge in [0, 0.05) is 6.07 Å². The summed E-state index contributed by atoms with van der Waals surface area (Å²) in [4.78, 5) is 25.6. The Morgan fingerprint density at radius 1 is 1.74 bits per heavy atom. The fourth-order valence-electron chi connectivity index (χ4n) is 1.42. The number of hydrogen-bond acceptors (Lipinski definition) is 4. The van der Waals surface area contributed by atoms with Crippen molar-refractivity contribution in [2.75, 3.05) is 0 Å². The number of halogens is 1. The topological polar surface area (TPSA) is 85.1 Å². The number of nitrogens with zero attached hydrogens (tertiary/aromatic N) is 2. The molecule has 1 atom stereocenters. The molecule has 1 N–H and O–H groups in total. The highest BCUT2D eigenvalue weighted by atomic mass is 79.9. The molecule has 1 amide bonds. The molecule has 0 aliphatic heterocycles. The minimum Gasteiger partial charge on any atom is -0.358 e. The zero-order valence-corrected chi connectivity index (χ0v) is 11.8. The van der Waals surface area contributed by atoms with E-state index in [1.807, 2.05) is 6.92 Å². The monoisotopic (exact) mass is 325 g/mol. The number of aromatic nitrogens is 1. The van der Waals surface area contributed by atoms with E-state index in [-0.39, 0.29) is 11.4 Å². The molecule has 1 rings (SSSR count). The first kappa shape index (κ1) is 15.1. The Balaban J connectivity index is 2.96. The van der Waals surface area contributed by atoms with Crippen LogP contribution in [0, 0.1) is 22.5 Å². The van der Waals surface area contributed by atoms with E-state index in [1.165, 1.54) is 6.20 Å². The molecular weight excluding hydrogens is 314 g/mol. The molecule has 1 unspecified atom stereocenters. The lowest BCUT2D eigenvalue weighted by molar-refractivity contribution is -0.389. The second-order valence-electron chi connectivity index (χ2n) is 3.76. The quantitative estimate of drug-likeness (QED) is 0.511. The molecule has 0 bridgehead atoms. The molecule has 0 aromatic carbocycles. The molecule has 1 aromatic rings. The number of nitro groups is 1. The van der Waals surface area contributed by atoms with Crippen molar-refractivity contribution in [1.82, 2.24) is 10.3 Å². The highest BCUT2D eigenvalue weighted by molar-refractivity contribution is 9.10. The molecule has 0 aliphatic rings. The fourth-order valence-corrected chi connectivity index (χ4v) is 1.82. The van der Waals surface area contributed by atoms with E-state index in [4.69, 9.17) is 6.42 Å². The van der Waals surface area contributed by atoms with Crippen molar-refractivity contribution in [3.8, 4) is 12.3 Å². The summed E-state index contributed by atoms with van der Waals surface area (Å²) in [5.41, 5.74) is 0.137. The molecule has 0 aliphatic carbocycles. The summed E-state index contributed by atoms with van der Waals surface area (Å²) >= 11 is 3.13. The Hall–Kier alpha value is -1.94. The lowest BCUT2D eigenvalue weighted by Gasteiger charge is -2.12. The maximum absolute atomic E-state index is 12.0. The molecule has 19 heavy (non-hydrogen) atoms. The lowest BCUT2D eigenvalue weighted by atomic mass is 10.1. The van der Waals surface area contributed by atoms with E-state index in [9.17, 15) is 14.9 Å². The van der Waals surface area contributed by atoms with Crippen molar-refractivity contribution in [3.05, 3.63) is 32.4 Å². The van der Waals surface area contributed by atoms with E-state index in [1.54, 1.807) is 0 Å². The lowest BCUT2D eigenvalue weighted by Crippen LogP contribution is -2.33. The highest BCUT2D eigenvalue weighted by Gasteiger charge is 2.19. The summed E-state index contributed by atoms with van der Waals surface area (Å²) < 4.78 is 0.378. The van der Waals surface area contributed by atoms with Crippen LogP contribution in [-0.4, -0.2) is 21.9 Å². The minimum atomic E-state index is -0.659. The average Bonchev–Trinajstić information content (AvgIpc) is 2.38. The molecule has 6 nitrogen and oxygen atoms in total. The largest absolute Gasteiger partial charge is 0.364 e. The summed E-state index contributed by atoms with van der Waals surface area (Å²) in [6, 6.07) is 0.718. The van der Waals surface area contributed by atoms with E-state index >= 15 is 0 Å². The van der Waals surface area contributed by atoms with Crippen LogP contribution < -0.4 is 5.32 Å². The third kappa shape index (κ3) is 4.03. The zero-order chi connectivity index (χ0) is 14.4. The Labute approximate surface area is 118 Å². The van der Waals surface area contributed by atoms with Crippen molar-refractivity contribution in [2.45, 2.75) is 25.8 Å². The predicted octanol–water partition coefficient (Wildman–Crippen LogP) is 2.28.